The van der Waals surface area contributed by atoms with Gasteiger partial charge in [-0.25, -0.2) is 0 Å². The van der Waals surface area contributed by atoms with Gasteiger partial charge in [-0.15, -0.1) is 0 Å². The zero-order valence-electron chi connectivity index (χ0n) is 9.58. The molecule has 0 bridgehead atoms. The Labute approximate surface area is 97.8 Å². The zero-order chi connectivity index (χ0) is 11.3. The molecule has 0 aromatic heterocycles. The average Bonchev–Trinajstić information content (AvgIpc) is 2.53. The van der Waals surface area contributed by atoms with Crippen LogP contribution in [0.15, 0.2) is 11.8 Å². The van der Waals surface area contributed by atoms with Crippen molar-refractivity contribution in [2.24, 2.45) is 0 Å². The monoisotopic (exact) mass is 222 g/mol. The molecule has 4 heteroatoms. The Balaban J connectivity index is 2.01. The Hall–Kier alpha value is -0.375. The lowest BCUT2D eigenvalue weighted by atomic mass is 9.83. The van der Waals surface area contributed by atoms with Gasteiger partial charge in [-0.05, 0) is 17.7 Å². The molecule has 1 amide bonds. The van der Waals surface area contributed by atoms with E-state index in [1.54, 1.807) is 4.90 Å². The largest absolute Gasteiger partial charge is 0.322 e. The fraction of sp³-hybridized carbons (Fsp3) is 0.727. The molecule has 1 fully saturated rings. The third-order valence-electron chi connectivity index (χ3n) is 3.93. The van der Waals surface area contributed by atoms with Gasteiger partial charge in [0, 0.05) is 19.7 Å². The van der Waals surface area contributed by atoms with Crippen LogP contribution in [0.1, 0.15) is 26.7 Å². The fourth-order valence-electron chi connectivity index (χ4n) is 2.44. The van der Waals surface area contributed by atoms with E-state index in [4.69, 9.17) is 0 Å². The van der Waals surface area contributed by atoms with Gasteiger partial charge < -0.3 is 4.90 Å². The Kier molecular flexibility index (Phi) is 2.45. The molecule has 0 aliphatic carbocycles. The second-order valence-corrected chi connectivity index (χ2v) is 5.60. The molecule has 1 saturated heterocycles. The number of rotatable bonds is 3. The van der Waals surface area contributed by atoms with Crippen molar-refractivity contribution in [3.05, 3.63) is 11.8 Å². The van der Waals surface area contributed by atoms with Crippen LogP contribution in [0.3, 0.4) is 0 Å². The fourth-order valence-corrected chi connectivity index (χ4v) is 2.89. The minimum atomic E-state index is 0.210. The minimum Gasteiger partial charge on any atom is -0.322 e. The van der Waals surface area contributed by atoms with Gasteiger partial charge in [0.2, 0.25) is 5.91 Å². The number of carbonyl (C=O) groups excluding carboxylic acids is 1. The van der Waals surface area contributed by atoms with E-state index in [1.807, 2.05) is 13.2 Å². The molecule has 2 atom stereocenters. The van der Waals surface area contributed by atoms with Crippen LogP contribution < -0.4 is 0 Å². The molecule has 81 valence electrons. The summed E-state index contributed by atoms with van der Waals surface area (Å²) >= 11 is 4.38. The van der Waals surface area contributed by atoms with Crippen molar-refractivity contribution in [2.45, 2.75) is 37.3 Å². The standard InChI is InChI=1S/C11H17BNOS/c1-10(11(2,7-15)12-10)5-8-4-9(14)13(3)6-8/h6,15H,4-5,7H2,1-3H3. The third-order valence-corrected chi connectivity index (χ3v) is 4.59. The minimum absolute atomic E-state index is 0.210. The lowest BCUT2D eigenvalue weighted by Crippen LogP contribution is -2.13. The Morgan fingerprint density at radius 1 is 1.53 bits per heavy atom. The molecule has 15 heavy (non-hydrogen) atoms. The lowest BCUT2D eigenvalue weighted by Gasteiger charge is -2.18. The normalized spacial score (nSPS) is 39.1. The van der Waals surface area contributed by atoms with Crippen LogP contribution >= 0.6 is 12.6 Å². The molecule has 1 radical (unpaired) electrons. The summed E-state index contributed by atoms with van der Waals surface area (Å²) in [5.74, 6) is 1.10. The highest BCUT2D eigenvalue weighted by molar-refractivity contribution is 7.80. The van der Waals surface area contributed by atoms with E-state index >= 15 is 0 Å². The molecule has 2 aliphatic rings. The Morgan fingerprint density at radius 2 is 2.20 bits per heavy atom. The Bertz CT molecular complexity index is 343. The molecule has 2 aliphatic heterocycles. The van der Waals surface area contributed by atoms with Gasteiger partial charge in [-0.3, -0.25) is 4.79 Å². The van der Waals surface area contributed by atoms with E-state index in [9.17, 15) is 4.79 Å². The molecule has 2 unspecified atom stereocenters. The molecule has 2 nitrogen and oxygen atoms in total. The number of hydrogen-bond acceptors (Lipinski definition) is 2. The van der Waals surface area contributed by atoms with E-state index in [-0.39, 0.29) is 16.5 Å². The van der Waals surface area contributed by atoms with Crippen LogP contribution in [0.5, 0.6) is 0 Å². The van der Waals surface area contributed by atoms with Gasteiger partial charge in [0.15, 0.2) is 0 Å². The Morgan fingerprint density at radius 3 is 2.60 bits per heavy atom. The van der Waals surface area contributed by atoms with Crippen LogP contribution in [0.25, 0.3) is 0 Å². The molecule has 0 aromatic rings. The second-order valence-electron chi connectivity index (χ2n) is 5.28. The number of hydrogen-bond donors (Lipinski definition) is 1. The third kappa shape index (κ3) is 1.73. The molecule has 2 heterocycles. The van der Waals surface area contributed by atoms with Crippen molar-refractivity contribution in [3.63, 3.8) is 0 Å². The van der Waals surface area contributed by atoms with Gasteiger partial charge in [0.25, 0.3) is 0 Å². The summed E-state index contributed by atoms with van der Waals surface area (Å²) in [6, 6.07) is 0. The quantitative estimate of drug-likeness (QED) is 0.573. The first kappa shape index (κ1) is 11.1. The molecular weight excluding hydrogens is 205 g/mol. The maximum Gasteiger partial charge on any atom is 0.230 e. The number of thiol groups is 1. The summed E-state index contributed by atoms with van der Waals surface area (Å²) in [4.78, 5) is 13.1. The van der Waals surface area contributed by atoms with Crippen LogP contribution in [-0.4, -0.2) is 30.9 Å². The maximum absolute atomic E-state index is 11.4. The van der Waals surface area contributed by atoms with Gasteiger partial charge in [0.1, 0.15) is 7.28 Å². The summed E-state index contributed by atoms with van der Waals surface area (Å²) in [7, 11) is 4.18. The van der Waals surface area contributed by atoms with Gasteiger partial charge >= 0.3 is 0 Å². The molecule has 0 saturated carbocycles. The summed E-state index contributed by atoms with van der Waals surface area (Å²) in [6.07, 6.45) is 3.58. The predicted molar refractivity (Wildman–Crippen MR) is 66.4 cm³/mol. The number of nitrogens with zero attached hydrogens (tertiary/aromatic N) is 1. The lowest BCUT2D eigenvalue weighted by molar-refractivity contribution is -0.125. The van der Waals surface area contributed by atoms with Crippen molar-refractivity contribution < 1.29 is 4.79 Å². The van der Waals surface area contributed by atoms with E-state index < -0.39 is 0 Å². The summed E-state index contributed by atoms with van der Waals surface area (Å²) < 4.78 is 0. The van der Waals surface area contributed by atoms with E-state index in [0.717, 1.165) is 12.2 Å². The van der Waals surface area contributed by atoms with Crippen LogP contribution in [0.4, 0.5) is 0 Å². The van der Waals surface area contributed by atoms with E-state index in [2.05, 4.69) is 33.8 Å². The van der Waals surface area contributed by atoms with Crippen LogP contribution in [-0.2, 0) is 4.79 Å². The van der Waals surface area contributed by atoms with E-state index in [1.165, 1.54) is 5.57 Å². The first-order chi connectivity index (χ1) is 6.90. The van der Waals surface area contributed by atoms with Crippen molar-refractivity contribution in [3.8, 4) is 0 Å². The average molecular weight is 222 g/mol. The molecule has 0 N–H and O–H groups in total. The molecule has 2 rings (SSSR count). The first-order valence-electron chi connectivity index (χ1n) is 5.33. The van der Waals surface area contributed by atoms with Crippen LogP contribution in [0, 0.1) is 0 Å². The van der Waals surface area contributed by atoms with Crippen molar-refractivity contribution in [2.75, 3.05) is 12.8 Å². The smallest absolute Gasteiger partial charge is 0.230 e. The summed E-state index contributed by atoms with van der Waals surface area (Å²) in [6.45, 7) is 4.49. The molecule has 0 spiro atoms. The van der Waals surface area contributed by atoms with Crippen molar-refractivity contribution in [1.82, 2.24) is 4.90 Å². The van der Waals surface area contributed by atoms with Crippen LogP contribution in [0.2, 0.25) is 10.6 Å². The molecular formula is C11H17BNOS. The molecule has 0 aromatic carbocycles. The highest BCUT2D eigenvalue weighted by Crippen LogP contribution is 2.71. The number of carbonyl (C=O) groups is 1. The predicted octanol–water partition coefficient (Wildman–Crippen LogP) is 2.13. The van der Waals surface area contributed by atoms with Gasteiger partial charge in [-0.1, -0.05) is 24.5 Å². The second kappa shape index (κ2) is 3.31. The van der Waals surface area contributed by atoms with Crippen molar-refractivity contribution >= 4 is 25.8 Å². The topological polar surface area (TPSA) is 20.3 Å². The highest BCUT2D eigenvalue weighted by atomic mass is 32.1. The summed E-state index contributed by atoms with van der Waals surface area (Å²) in [5.41, 5.74) is 1.26. The SMILES string of the molecule is CN1C=C(CC2(C)[B]C2(C)CS)CC1=O. The zero-order valence-corrected chi connectivity index (χ0v) is 10.5. The maximum atomic E-state index is 11.4. The van der Waals surface area contributed by atoms with E-state index in [0.29, 0.717) is 6.42 Å². The number of amides is 1. The van der Waals surface area contributed by atoms with Gasteiger partial charge in [-0.2, -0.15) is 12.6 Å². The summed E-state index contributed by atoms with van der Waals surface area (Å²) in [5, 5.41) is 0.493. The van der Waals surface area contributed by atoms with Gasteiger partial charge in [0.05, 0.1) is 0 Å². The highest BCUT2D eigenvalue weighted by Gasteiger charge is 2.60. The van der Waals surface area contributed by atoms with Crippen molar-refractivity contribution in [1.29, 1.82) is 0 Å². The first-order valence-corrected chi connectivity index (χ1v) is 5.97.